The molecule has 0 fully saturated rings. The van der Waals surface area contributed by atoms with Crippen molar-refractivity contribution >= 4 is 10.8 Å². The molecule has 0 aliphatic rings. The summed E-state index contributed by atoms with van der Waals surface area (Å²) in [5, 5.41) is 0. The number of pyridine rings is 1. The van der Waals surface area contributed by atoms with E-state index in [1.807, 2.05) is 0 Å². The van der Waals surface area contributed by atoms with E-state index in [0.29, 0.717) is 16.1 Å². The fourth-order valence-electron chi connectivity index (χ4n) is 2.32. The van der Waals surface area contributed by atoms with E-state index in [1.165, 1.54) is 17.0 Å². The molecule has 3 rings (SSSR count). The van der Waals surface area contributed by atoms with Gasteiger partial charge in [0, 0.05) is 51.3 Å². The normalized spacial score (nSPS) is 13.0. The third kappa shape index (κ3) is 3.63. The number of hydrogen-bond acceptors (Lipinski definition) is 3. The van der Waals surface area contributed by atoms with Crippen molar-refractivity contribution in [2.75, 3.05) is 6.26 Å². The Morgan fingerprint density at radius 3 is 2.28 bits per heavy atom. The molecule has 25 heavy (non-hydrogen) atoms. The number of halogens is 3. The molecule has 0 saturated heterocycles. The molecule has 2 heterocycles. The summed E-state index contributed by atoms with van der Waals surface area (Å²) in [4.78, 5) is 8.47. The number of benzene rings is 1. The minimum Gasteiger partial charge on any atom is -0.299 e. The summed E-state index contributed by atoms with van der Waals surface area (Å²) in [6.07, 6.45) is -0.572. The van der Waals surface area contributed by atoms with Gasteiger partial charge in [0.25, 0.3) is 0 Å². The summed E-state index contributed by atoms with van der Waals surface area (Å²) in [5.74, 6) is 0.144. The topological polar surface area (TPSA) is 47.8 Å². The Kier molecular flexibility index (Phi) is 4.47. The summed E-state index contributed by atoms with van der Waals surface area (Å²) in [7, 11) is -1.16. The van der Waals surface area contributed by atoms with Crippen LogP contribution in [0.3, 0.4) is 0 Å². The van der Waals surface area contributed by atoms with E-state index in [4.69, 9.17) is 0 Å². The van der Waals surface area contributed by atoms with Crippen LogP contribution in [-0.4, -0.2) is 25.0 Å². The third-order valence-corrected chi connectivity index (χ3v) is 4.55. The highest BCUT2D eigenvalue weighted by Crippen LogP contribution is 2.32. The van der Waals surface area contributed by atoms with Crippen molar-refractivity contribution in [1.29, 1.82) is 0 Å². The van der Waals surface area contributed by atoms with E-state index >= 15 is 0 Å². The lowest BCUT2D eigenvalue weighted by atomic mass is 10.2. The Morgan fingerprint density at radius 1 is 1.08 bits per heavy atom. The first-order valence-corrected chi connectivity index (χ1v) is 8.85. The van der Waals surface area contributed by atoms with Gasteiger partial charge in [-0.15, -0.1) is 0 Å². The smallest absolute Gasteiger partial charge is 0.299 e. The van der Waals surface area contributed by atoms with Crippen molar-refractivity contribution in [2.24, 2.45) is 0 Å². The van der Waals surface area contributed by atoms with Crippen LogP contribution in [0.2, 0.25) is 0 Å². The van der Waals surface area contributed by atoms with Crippen LogP contribution in [0.15, 0.2) is 53.7 Å². The molecular formula is C17H14F3N3OS. The lowest BCUT2D eigenvalue weighted by Gasteiger charge is -2.08. The van der Waals surface area contributed by atoms with Gasteiger partial charge in [-0.05, 0) is 43.3 Å². The highest BCUT2D eigenvalue weighted by Gasteiger charge is 2.35. The minimum absolute atomic E-state index is 0.144. The molecule has 0 radical (unpaired) electrons. The molecule has 130 valence electrons. The summed E-state index contributed by atoms with van der Waals surface area (Å²) < 4.78 is 52.2. The number of hydrogen-bond donors (Lipinski definition) is 0. The summed E-state index contributed by atoms with van der Waals surface area (Å²) in [5.41, 5.74) is 0.746. The van der Waals surface area contributed by atoms with Gasteiger partial charge in [0.15, 0.2) is 5.69 Å². The second-order valence-corrected chi connectivity index (χ2v) is 6.83. The van der Waals surface area contributed by atoms with E-state index in [0.717, 1.165) is 11.9 Å². The Bertz CT molecular complexity index is 916. The van der Waals surface area contributed by atoms with E-state index < -0.39 is 22.7 Å². The molecule has 0 saturated carbocycles. The molecular weight excluding hydrogens is 351 g/mol. The third-order valence-electron chi connectivity index (χ3n) is 3.61. The molecule has 8 heteroatoms. The van der Waals surface area contributed by atoms with Gasteiger partial charge in [0.2, 0.25) is 0 Å². The van der Waals surface area contributed by atoms with Crippen molar-refractivity contribution in [3.05, 3.63) is 60.2 Å². The standard InChI is InChI=1S/C17H14F3N3OS/c1-11-3-4-12(9-21-11)16-22-15(17(18,19)20)10-23(16)13-5-7-14(8-6-13)25(2)24/h3-10H,1-2H3. The van der Waals surface area contributed by atoms with Crippen molar-refractivity contribution in [3.63, 3.8) is 0 Å². The molecule has 0 aliphatic heterocycles. The number of rotatable bonds is 3. The molecule has 0 aliphatic carbocycles. The van der Waals surface area contributed by atoms with Crippen LogP contribution in [0.25, 0.3) is 17.1 Å². The number of aromatic nitrogens is 3. The second kappa shape index (κ2) is 6.44. The van der Waals surface area contributed by atoms with Gasteiger partial charge < -0.3 is 0 Å². The van der Waals surface area contributed by atoms with Crippen LogP contribution in [0.1, 0.15) is 11.4 Å². The van der Waals surface area contributed by atoms with E-state index in [-0.39, 0.29) is 5.82 Å². The predicted molar refractivity (Wildman–Crippen MR) is 88.9 cm³/mol. The fourth-order valence-corrected chi connectivity index (χ4v) is 2.84. The van der Waals surface area contributed by atoms with E-state index in [1.54, 1.807) is 43.3 Å². The van der Waals surface area contributed by atoms with Gasteiger partial charge in [0.05, 0.1) is 0 Å². The predicted octanol–water partition coefficient (Wildman–Crippen LogP) is 4.00. The molecule has 0 spiro atoms. The maximum atomic E-state index is 13.1. The lowest BCUT2D eigenvalue weighted by molar-refractivity contribution is -0.140. The maximum absolute atomic E-state index is 13.1. The monoisotopic (exact) mass is 365 g/mol. The van der Waals surface area contributed by atoms with Gasteiger partial charge >= 0.3 is 6.18 Å². The van der Waals surface area contributed by atoms with Crippen LogP contribution in [-0.2, 0) is 17.0 Å². The summed E-state index contributed by atoms with van der Waals surface area (Å²) in [6.45, 7) is 1.79. The quantitative estimate of drug-likeness (QED) is 0.705. The number of aryl methyl sites for hydroxylation is 1. The fraction of sp³-hybridized carbons (Fsp3) is 0.176. The van der Waals surface area contributed by atoms with Crippen molar-refractivity contribution < 1.29 is 17.4 Å². The largest absolute Gasteiger partial charge is 0.434 e. The highest BCUT2D eigenvalue weighted by atomic mass is 32.2. The molecule has 0 bridgehead atoms. The molecule has 0 amide bonds. The molecule has 4 nitrogen and oxygen atoms in total. The molecule has 1 atom stereocenters. The van der Waals surface area contributed by atoms with Crippen LogP contribution >= 0.6 is 0 Å². The Morgan fingerprint density at radius 2 is 1.76 bits per heavy atom. The average Bonchev–Trinajstić information content (AvgIpc) is 3.01. The van der Waals surface area contributed by atoms with Crippen LogP contribution in [0, 0.1) is 6.92 Å². The summed E-state index contributed by atoms with van der Waals surface area (Å²) in [6, 6.07) is 9.86. The second-order valence-electron chi connectivity index (χ2n) is 5.45. The van der Waals surface area contributed by atoms with Crippen molar-refractivity contribution in [1.82, 2.24) is 14.5 Å². The first-order valence-electron chi connectivity index (χ1n) is 7.29. The zero-order chi connectivity index (χ0) is 18.2. The van der Waals surface area contributed by atoms with Crippen molar-refractivity contribution in [2.45, 2.75) is 18.0 Å². The van der Waals surface area contributed by atoms with Crippen LogP contribution < -0.4 is 0 Å². The van der Waals surface area contributed by atoms with E-state index in [9.17, 15) is 17.4 Å². The zero-order valence-electron chi connectivity index (χ0n) is 13.4. The van der Waals surface area contributed by atoms with Crippen LogP contribution in [0.4, 0.5) is 13.2 Å². The molecule has 1 unspecified atom stereocenters. The van der Waals surface area contributed by atoms with Gasteiger partial charge in [-0.2, -0.15) is 13.2 Å². The Labute approximate surface area is 144 Å². The zero-order valence-corrected chi connectivity index (χ0v) is 14.2. The van der Waals surface area contributed by atoms with Gasteiger partial charge in [-0.1, -0.05) is 0 Å². The number of imidazole rings is 1. The van der Waals surface area contributed by atoms with Crippen LogP contribution in [0.5, 0.6) is 0 Å². The van der Waals surface area contributed by atoms with Gasteiger partial charge in [-0.3, -0.25) is 13.8 Å². The first kappa shape index (κ1) is 17.3. The van der Waals surface area contributed by atoms with Crippen molar-refractivity contribution in [3.8, 4) is 17.1 Å². The highest BCUT2D eigenvalue weighted by molar-refractivity contribution is 7.84. The molecule has 3 aromatic rings. The lowest BCUT2D eigenvalue weighted by Crippen LogP contribution is -2.05. The van der Waals surface area contributed by atoms with Gasteiger partial charge in [-0.25, -0.2) is 4.98 Å². The molecule has 2 aromatic heterocycles. The van der Waals surface area contributed by atoms with E-state index in [2.05, 4.69) is 9.97 Å². The maximum Gasteiger partial charge on any atom is 0.434 e. The van der Waals surface area contributed by atoms with Gasteiger partial charge in [0.1, 0.15) is 5.82 Å². The first-order chi connectivity index (χ1) is 11.8. The Balaban J connectivity index is 2.15. The SMILES string of the molecule is Cc1ccc(-c2nc(C(F)(F)F)cn2-c2ccc(S(C)=O)cc2)cn1. The number of alkyl halides is 3. The molecule has 0 N–H and O–H groups in total. The molecule has 1 aromatic carbocycles. The summed E-state index contributed by atoms with van der Waals surface area (Å²) >= 11 is 0. The number of nitrogens with zero attached hydrogens (tertiary/aromatic N) is 3. The average molecular weight is 365 g/mol. The minimum atomic E-state index is -4.55. The Hall–Kier alpha value is -2.48.